The summed E-state index contributed by atoms with van der Waals surface area (Å²) in [5.41, 5.74) is 0.769. The molecular weight excluding hydrogens is 284 g/mol. The lowest BCUT2D eigenvalue weighted by atomic mass is 10.1. The van der Waals surface area contributed by atoms with Gasteiger partial charge in [0.25, 0.3) is 0 Å². The third-order valence-electron chi connectivity index (χ3n) is 2.48. The molecule has 0 saturated heterocycles. The van der Waals surface area contributed by atoms with Crippen LogP contribution in [0, 0.1) is 0 Å². The predicted molar refractivity (Wildman–Crippen MR) is 66.3 cm³/mol. The monoisotopic (exact) mass is 296 g/mol. The Morgan fingerprint density at radius 2 is 2.29 bits per heavy atom. The molecule has 0 amide bonds. The molecule has 0 saturated carbocycles. The Bertz CT molecular complexity index is 500. The van der Waals surface area contributed by atoms with Gasteiger partial charge in [0.05, 0.1) is 6.10 Å². The van der Waals surface area contributed by atoms with Crippen LogP contribution in [0.15, 0.2) is 29.3 Å². The number of halogens is 1. The van der Waals surface area contributed by atoms with Crippen LogP contribution in [0.5, 0.6) is 0 Å². The summed E-state index contributed by atoms with van der Waals surface area (Å²) in [5.74, 6) is 0.778. The molecule has 2 aromatic rings. The summed E-state index contributed by atoms with van der Waals surface area (Å²) >= 11 is 3.33. The van der Waals surface area contributed by atoms with Gasteiger partial charge in [-0.1, -0.05) is 0 Å². The molecule has 2 heterocycles. The van der Waals surface area contributed by atoms with Crippen molar-refractivity contribution in [3.63, 3.8) is 0 Å². The van der Waals surface area contributed by atoms with Crippen molar-refractivity contribution >= 4 is 15.9 Å². The van der Waals surface area contributed by atoms with Gasteiger partial charge in [-0.05, 0) is 28.9 Å². The summed E-state index contributed by atoms with van der Waals surface area (Å²) in [6.07, 6.45) is 4.67. The first-order valence-electron chi connectivity index (χ1n) is 5.36. The van der Waals surface area contributed by atoms with E-state index in [0.717, 1.165) is 22.4 Å². The van der Waals surface area contributed by atoms with Crippen LogP contribution in [0.3, 0.4) is 0 Å². The molecule has 1 atom stereocenters. The van der Waals surface area contributed by atoms with Gasteiger partial charge in [-0.2, -0.15) is 5.10 Å². The van der Waals surface area contributed by atoms with Crippen molar-refractivity contribution in [2.45, 2.75) is 26.0 Å². The van der Waals surface area contributed by atoms with Crippen molar-refractivity contribution in [2.24, 2.45) is 0 Å². The lowest BCUT2D eigenvalue weighted by Crippen LogP contribution is -2.09. The van der Waals surface area contributed by atoms with E-state index in [2.05, 4.69) is 31.0 Å². The molecule has 1 unspecified atom stereocenters. The number of aliphatic hydroxyl groups excluding tert-OH is 1. The second kappa shape index (κ2) is 5.37. The molecule has 1 N–H and O–H groups in total. The first kappa shape index (κ1) is 12.2. The first-order valence-corrected chi connectivity index (χ1v) is 6.15. The Labute approximate surface area is 108 Å². The largest absolute Gasteiger partial charge is 0.388 e. The molecular formula is C11H13BrN4O. The van der Waals surface area contributed by atoms with E-state index in [-0.39, 0.29) is 0 Å². The highest BCUT2D eigenvalue weighted by Gasteiger charge is 2.13. The molecule has 2 rings (SSSR count). The zero-order valence-electron chi connectivity index (χ0n) is 9.41. The zero-order valence-corrected chi connectivity index (χ0v) is 11.0. The number of rotatable bonds is 4. The van der Waals surface area contributed by atoms with Crippen LogP contribution in [0.25, 0.3) is 0 Å². The van der Waals surface area contributed by atoms with Gasteiger partial charge in [-0.3, -0.25) is 9.67 Å². The van der Waals surface area contributed by atoms with E-state index < -0.39 is 6.10 Å². The number of pyridine rings is 1. The highest BCUT2D eigenvalue weighted by molar-refractivity contribution is 9.10. The highest BCUT2D eigenvalue weighted by atomic mass is 79.9. The van der Waals surface area contributed by atoms with Crippen molar-refractivity contribution in [1.29, 1.82) is 0 Å². The first-order chi connectivity index (χ1) is 8.20. The van der Waals surface area contributed by atoms with E-state index in [4.69, 9.17) is 0 Å². The molecule has 0 fully saturated rings. The van der Waals surface area contributed by atoms with Gasteiger partial charge in [0.15, 0.2) is 0 Å². The average molecular weight is 297 g/mol. The van der Waals surface area contributed by atoms with Crippen molar-refractivity contribution < 1.29 is 5.11 Å². The average Bonchev–Trinajstić information content (AvgIpc) is 2.76. The molecule has 0 radical (unpaired) electrons. The van der Waals surface area contributed by atoms with Gasteiger partial charge in [-0.25, -0.2) is 4.98 Å². The van der Waals surface area contributed by atoms with Crippen LogP contribution >= 0.6 is 15.9 Å². The molecule has 90 valence electrons. The zero-order chi connectivity index (χ0) is 12.3. The van der Waals surface area contributed by atoms with Crippen LogP contribution in [0.2, 0.25) is 0 Å². The maximum atomic E-state index is 10.1. The van der Waals surface area contributed by atoms with Crippen molar-refractivity contribution in [1.82, 2.24) is 19.7 Å². The fourth-order valence-electron chi connectivity index (χ4n) is 1.61. The third-order valence-corrected chi connectivity index (χ3v) is 2.92. The molecule has 0 aliphatic heterocycles. The maximum Gasteiger partial charge on any atom is 0.138 e. The van der Waals surface area contributed by atoms with Crippen LogP contribution < -0.4 is 0 Å². The minimum absolute atomic E-state index is 0.436. The van der Waals surface area contributed by atoms with E-state index in [1.807, 2.05) is 13.0 Å². The van der Waals surface area contributed by atoms with Crippen molar-refractivity contribution in [3.05, 3.63) is 40.6 Å². The minimum atomic E-state index is -0.616. The number of hydrogen-bond acceptors (Lipinski definition) is 4. The summed E-state index contributed by atoms with van der Waals surface area (Å²) in [5, 5.41) is 14.2. The van der Waals surface area contributed by atoms with Crippen LogP contribution in [0.4, 0.5) is 0 Å². The molecule has 2 aromatic heterocycles. The second-order valence-electron chi connectivity index (χ2n) is 3.65. The van der Waals surface area contributed by atoms with Gasteiger partial charge in [-0.15, -0.1) is 0 Å². The van der Waals surface area contributed by atoms with Crippen LogP contribution in [-0.2, 0) is 13.0 Å². The topological polar surface area (TPSA) is 63.8 Å². The SMILES string of the molecule is CCn1ncnc1CC(O)c1cncc(Br)c1. The van der Waals surface area contributed by atoms with E-state index >= 15 is 0 Å². The van der Waals surface area contributed by atoms with Crippen molar-refractivity contribution in [3.8, 4) is 0 Å². The second-order valence-corrected chi connectivity index (χ2v) is 4.56. The Morgan fingerprint density at radius 3 is 3.00 bits per heavy atom. The van der Waals surface area contributed by atoms with E-state index in [9.17, 15) is 5.11 Å². The molecule has 6 heteroatoms. The Kier molecular flexibility index (Phi) is 3.86. The number of hydrogen-bond donors (Lipinski definition) is 1. The minimum Gasteiger partial charge on any atom is -0.388 e. The third kappa shape index (κ3) is 2.89. The molecule has 0 bridgehead atoms. The Morgan fingerprint density at radius 1 is 1.47 bits per heavy atom. The van der Waals surface area contributed by atoms with Gasteiger partial charge < -0.3 is 5.11 Å². The van der Waals surface area contributed by atoms with Crippen molar-refractivity contribution in [2.75, 3.05) is 0 Å². The summed E-state index contributed by atoms with van der Waals surface area (Å²) in [7, 11) is 0. The van der Waals surface area contributed by atoms with Gasteiger partial charge in [0.2, 0.25) is 0 Å². The summed E-state index contributed by atoms with van der Waals surface area (Å²) in [6, 6.07) is 1.85. The Balaban J connectivity index is 2.14. The number of aliphatic hydroxyl groups is 1. The fourth-order valence-corrected chi connectivity index (χ4v) is 1.99. The van der Waals surface area contributed by atoms with E-state index in [0.29, 0.717) is 6.42 Å². The number of aromatic nitrogens is 4. The molecule has 0 spiro atoms. The van der Waals surface area contributed by atoms with Crippen LogP contribution in [0.1, 0.15) is 24.4 Å². The smallest absolute Gasteiger partial charge is 0.138 e. The molecule has 5 nitrogen and oxygen atoms in total. The summed E-state index contributed by atoms with van der Waals surface area (Å²) < 4.78 is 2.63. The molecule has 17 heavy (non-hydrogen) atoms. The quantitative estimate of drug-likeness (QED) is 0.933. The summed E-state index contributed by atoms with van der Waals surface area (Å²) in [4.78, 5) is 8.16. The van der Waals surface area contributed by atoms with Gasteiger partial charge in [0, 0.05) is 35.4 Å². The standard InChI is InChI=1S/C11H13BrN4O/c1-2-16-11(14-7-15-16)4-10(17)8-3-9(12)6-13-5-8/h3,5-7,10,17H,2,4H2,1H3. The number of nitrogens with zero attached hydrogens (tertiary/aromatic N) is 4. The maximum absolute atomic E-state index is 10.1. The normalized spacial score (nSPS) is 12.6. The van der Waals surface area contributed by atoms with Gasteiger partial charge in [0.1, 0.15) is 12.2 Å². The molecule has 0 aromatic carbocycles. The van der Waals surface area contributed by atoms with Gasteiger partial charge >= 0.3 is 0 Å². The molecule has 0 aliphatic carbocycles. The highest BCUT2D eigenvalue weighted by Crippen LogP contribution is 2.19. The lowest BCUT2D eigenvalue weighted by molar-refractivity contribution is 0.173. The molecule has 0 aliphatic rings. The number of aryl methyl sites for hydroxylation is 1. The predicted octanol–water partition coefficient (Wildman–Crippen LogP) is 1.73. The lowest BCUT2D eigenvalue weighted by Gasteiger charge is -2.10. The fraction of sp³-hybridized carbons (Fsp3) is 0.364. The van der Waals surface area contributed by atoms with Crippen LogP contribution in [-0.4, -0.2) is 24.9 Å². The Hall–Kier alpha value is -1.27. The van der Waals surface area contributed by atoms with E-state index in [1.54, 1.807) is 17.1 Å². The summed E-state index contributed by atoms with van der Waals surface area (Å²) in [6.45, 7) is 2.74. The van der Waals surface area contributed by atoms with E-state index in [1.165, 1.54) is 6.33 Å².